The van der Waals surface area contributed by atoms with Gasteiger partial charge in [-0.25, -0.2) is 4.39 Å². The predicted octanol–water partition coefficient (Wildman–Crippen LogP) is -0.328. The molecule has 1 N–H and O–H groups in total. The fourth-order valence-corrected chi connectivity index (χ4v) is 1.78. The van der Waals surface area contributed by atoms with Crippen LogP contribution >= 0.6 is 0 Å². The van der Waals surface area contributed by atoms with Crippen LogP contribution in [0.15, 0.2) is 0 Å². The van der Waals surface area contributed by atoms with Gasteiger partial charge in [0.25, 0.3) is 0 Å². The molecule has 4 heteroatoms. The van der Waals surface area contributed by atoms with Gasteiger partial charge in [0.2, 0.25) is 0 Å². The molecule has 1 unspecified atom stereocenters. The standard InChI is InChI=1S/C7H9FO3/c8-3(2-9)6-4(10)1-5-7(6)11-5/h2-7,10H,1H2/t3?,4-,5+,6+,7+/m1/s1. The van der Waals surface area contributed by atoms with Crippen molar-refractivity contribution in [3.63, 3.8) is 0 Å². The minimum absolute atomic E-state index is 0.00759. The molecule has 1 aliphatic carbocycles. The molecule has 0 aromatic heterocycles. The molecule has 2 rings (SSSR count). The quantitative estimate of drug-likeness (QED) is 0.444. The maximum absolute atomic E-state index is 12.8. The fraction of sp³-hybridized carbons (Fsp3) is 0.857. The van der Waals surface area contributed by atoms with E-state index in [0.29, 0.717) is 6.42 Å². The SMILES string of the molecule is O=CC(F)[C@@H]1[C@H]2O[C@H]2C[C@H]1O. The first-order valence-corrected chi connectivity index (χ1v) is 3.67. The number of alkyl halides is 1. The Morgan fingerprint density at radius 2 is 2.45 bits per heavy atom. The van der Waals surface area contributed by atoms with Crippen molar-refractivity contribution in [1.29, 1.82) is 0 Å². The molecule has 1 heterocycles. The van der Waals surface area contributed by atoms with Crippen LogP contribution in [0, 0.1) is 5.92 Å². The van der Waals surface area contributed by atoms with Crippen molar-refractivity contribution in [2.24, 2.45) is 5.92 Å². The second-order valence-electron chi connectivity index (χ2n) is 3.10. The lowest BCUT2D eigenvalue weighted by molar-refractivity contribution is -0.115. The number of aliphatic hydroxyl groups is 1. The molecule has 0 aromatic rings. The average molecular weight is 160 g/mol. The average Bonchev–Trinajstić information content (AvgIpc) is 2.63. The Balaban J connectivity index is 2.05. The maximum Gasteiger partial charge on any atom is 0.163 e. The molecular formula is C7H9FO3. The van der Waals surface area contributed by atoms with Crippen LogP contribution in [-0.4, -0.2) is 35.9 Å². The number of fused-ring (bicyclic) bond motifs is 1. The first kappa shape index (κ1) is 7.18. The van der Waals surface area contributed by atoms with Gasteiger partial charge in [0.15, 0.2) is 12.5 Å². The van der Waals surface area contributed by atoms with Crippen LogP contribution in [0.2, 0.25) is 0 Å². The van der Waals surface area contributed by atoms with E-state index in [2.05, 4.69) is 0 Å². The monoisotopic (exact) mass is 160 g/mol. The van der Waals surface area contributed by atoms with Gasteiger partial charge in [0.1, 0.15) is 0 Å². The predicted molar refractivity (Wildman–Crippen MR) is 33.7 cm³/mol. The Hall–Kier alpha value is -0.480. The van der Waals surface area contributed by atoms with E-state index in [4.69, 9.17) is 4.74 Å². The third kappa shape index (κ3) is 0.973. The fourth-order valence-electron chi connectivity index (χ4n) is 1.78. The molecule has 2 fully saturated rings. The topological polar surface area (TPSA) is 49.8 Å². The van der Waals surface area contributed by atoms with E-state index in [-0.39, 0.29) is 18.5 Å². The van der Waals surface area contributed by atoms with Crippen molar-refractivity contribution in [2.75, 3.05) is 0 Å². The van der Waals surface area contributed by atoms with Gasteiger partial charge in [-0.15, -0.1) is 0 Å². The van der Waals surface area contributed by atoms with E-state index in [1.165, 1.54) is 0 Å². The van der Waals surface area contributed by atoms with Crippen molar-refractivity contribution >= 4 is 6.29 Å². The number of carbonyl (C=O) groups excluding carboxylic acids is 1. The number of ether oxygens (including phenoxy) is 1. The Morgan fingerprint density at radius 1 is 1.73 bits per heavy atom. The van der Waals surface area contributed by atoms with E-state index in [9.17, 15) is 14.3 Å². The first-order valence-electron chi connectivity index (χ1n) is 3.67. The molecule has 1 aliphatic heterocycles. The Labute approximate surface area is 63.2 Å². The van der Waals surface area contributed by atoms with Gasteiger partial charge in [0.05, 0.1) is 24.2 Å². The molecule has 5 atom stereocenters. The van der Waals surface area contributed by atoms with E-state index < -0.39 is 18.2 Å². The zero-order valence-electron chi connectivity index (χ0n) is 5.81. The highest BCUT2D eigenvalue weighted by Gasteiger charge is 2.58. The minimum atomic E-state index is -1.57. The number of halogens is 1. The molecule has 0 bridgehead atoms. The highest BCUT2D eigenvalue weighted by Crippen LogP contribution is 2.44. The van der Waals surface area contributed by atoms with Gasteiger partial charge in [-0.05, 0) is 0 Å². The van der Waals surface area contributed by atoms with Crippen molar-refractivity contribution in [3.8, 4) is 0 Å². The lowest BCUT2D eigenvalue weighted by atomic mass is 10.00. The van der Waals surface area contributed by atoms with Crippen LogP contribution in [0.25, 0.3) is 0 Å². The molecule has 0 amide bonds. The van der Waals surface area contributed by atoms with Crippen LogP contribution in [0.1, 0.15) is 6.42 Å². The lowest BCUT2D eigenvalue weighted by Crippen LogP contribution is -2.30. The zero-order valence-corrected chi connectivity index (χ0v) is 5.81. The summed E-state index contributed by atoms with van der Waals surface area (Å²) in [6.07, 6.45) is -1.75. The smallest absolute Gasteiger partial charge is 0.163 e. The summed E-state index contributed by atoms with van der Waals surface area (Å²) >= 11 is 0. The molecular weight excluding hydrogens is 151 g/mol. The first-order chi connectivity index (χ1) is 5.24. The van der Waals surface area contributed by atoms with Crippen molar-refractivity contribution in [2.45, 2.75) is 30.9 Å². The molecule has 0 radical (unpaired) electrons. The second kappa shape index (κ2) is 2.25. The van der Waals surface area contributed by atoms with E-state index >= 15 is 0 Å². The van der Waals surface area contributed by atoms with Crippen molar-refractivity contribution < 1.29 is 19.0 Å². The summed E-state index contributed by atoms with van der Waals surface area (Å²) in [4.78, 5) is 10.1. The van der Waals surface area contributed by atoms with Crippen LogP contribution in [0.4, 0.5) is 4.39 Å². The normalized spacial score (nSPS) is 50.0. The van der Waals surface area contributed by atoms with Gasteiger partial charge >= 0.3 is 0 Å². The third-order valence-corrected chi connectivity index (χ3v) is 2.42. The van der Waals surface area contributed by atoms with Crippen LogP contribution in [-0.2, 0) is 9.53 Å². The zero-order chi connectivity index (χ0) is 8.01. The number of hydrogen-bond donors (Lipinski definition) is 1. The number of hydrogen-bond acceptors (Lipinski definition) is 3. The Bertz CT molecular complexity index is 183. The lowest BCUT2D eigenvalue weighted by Gasteiger charge is -2.16. The Morgan fingerprint density at radius 3 is 2.91 bits per heavy atom. The molecule has 2 aliphatic rings. The van der Waals surface area contributed by atoms with Crippen LogP contribution in [0.3, 0.4) is 0 Å². The van der Waals surface area contributed by atoms with E-state index in [0.717, 1.165) is 0 Å². The van der Waals surface area contributed by atoms with E-state index in [1.54, 1.807) is 0 Å². The summed E-state index contributed by atoms with van der Waals surface area (Å²) in [5.74, 6) is -0.613. The summed E-state index contributed by atoms with van der Waals surface area (Å²) in [5, 5.41) is 9.21. The summed E-state index contributed by atoms with van der Waals surface area (Å²) in [6, 6.07) is 0. The summed E-state index contributed by atoms with van der Waals surface area (Å²) in [5.41, 5.74) is 0. The third-order valence-electron chi connectivity index (χ3n) is 2.42. The van der Waals surface area contributed by atoms with Gasteiger partial charge in [-0.1, -0.05) is 0 Å². The Kier molecular flexibility index (Phi) is 1.47. The van der Waals surface area contributed by atoms with Gasteiger partial charge < -0.3 is 14.6 Å². The molecule has 62 valence electrons. The summed E-state index contributed by atoms with van der Waals surface area (Å²) in [6.45, 7) is 0. The van der Waals surface area contributed by atoms with E-state index in [1.807, 2.05) is 0 Å². The van der Waals surface area contributed by atoms with Gasteiger partial charge in [-0.2, -0.15) is 0 Å². The summed E-state index contributed by atoms with van der Waals surface area (Å²) in [7, 11) is 0. The van der Waals surface area contributed by atoms with Gasteiger partial charge in [-0.3, -0.25) is 0 Å². The largest absolute Gasteiger partial charge is 0.393 e. The van der Waals surface area contributed by atoms with Crippen LogP contribution < -0.4 is 0 Å². The molecule has 1 saturated heterocycles. The molecule has 0 aromatic carbocycles. The van der Waals surface area contributed by atoms with Crippen molar-refractivity contribution in [3.05, 3.63) is 0 Å². The minimum Gasteiger partial charge on any atom is -0.393 e. The van der Waals surface area contributed by atoms with Crippen molar-refractivity contribution in [1.82, 2.24) is 0 Å². The number of aliphatic hydroxyl groups excluding tert-OH is 1. The molecule has 0 spiro atoms. The number of carbonyl (C=O) groups is 1. The molecule has 3 nitrogen and oxygen atoms in total. The van der Waals surface area contributed by atoms with Gasteiger partial charge in [0, 0.05) is 6.42 Å². The highest BCUT2D eigenvalue weighted by molar-refractivity contribution is 5.57. The molecule has 11 heavy (non-hydrogen) atoms. The number of epoxide rings is 1. The second-order valence-corrected chi connectivity index (χ2v) is 3.10. The summed E-state index contributed by atoms with van der Waals surface area (Å²) < 4.78 is 17.8. The number of rotatable bonds is 2. The highest BCUT2D eigenvalue weighted by atomic mass is 19.1. The maximum atomic E-state index is 12.8. The number of aldehydes is 1. The molecule has 1 saturated carbocycles. The van der Waals surface area contributed by atoms with Crippen LogP contribution in [0.5, 0.6) is 0 Å².